The van der Waals surface area contributed by atoms with Crippen LogP contribution < -0.4 is 0 Å². The van der Waals surface area contributed by atoms with Crippen molar-refractivity contribution < 1.29 is 0 Å². The van der Waals surface area contributed by atoms with Crippen LogP contribution in [-0.2, 0) is 6.42 Å². The van der Waals surface area contributed by atoms with Crippen LogP contribution in [0.1, 0.15) is 25.6 Å². The molecule has 0 aliphatic heterocycles. The van der Waals surface area contributed by atoms with Gasteiger partial charge in [-0.25, -0.2) is 9.97 Å². The second-order valence-corrected chi connectivity index (χ2v) is 6.05. The van der Waals surface area contributed by atoms with Crippen molar-refractivity contribution in [3.05, 3.63) is 22.7 Å². The quantitative estimate of drug-likeness (QED) is 0.839. The summed E-state index contributed by atoms with van der Waals surface area (Å²) in [5, 5.41) is 4.34. The molecule has 2 aromatic rings. The largest absolute Gasteiger partial charge is 0.235 e. The molecule has 0 fully saturated rings. The fraction of sp³-hybridized carbons (Fsp3) is 0.444. The number of rotatable bonds is 5. The van der Waals surface area contributed by atoms with Crippen molar-refractivity contribution in [3.8, 4) is 0 Å². The third-order valence-corrected chi connectivity index (χ3v) is 3.91. The number of aryl methyl sites for hydroxylation is 1. The van der Waals surface area contributed by atoms with Crippen LogP contribution in [0, 0.1) is 0 Å². The number of hydrogen-bond donors (Lipinski definition) is 0. The molecule has 2 rings (SSSR count). The topological polar surface area (TPSA) is 43.6 Å². The summed E-state index contributed by atoms with van der Waals surface area (Å²) in [5.74, 6) is 0.886. The maximum Gasteiger partial charge on any atom is 0.173 e. The SMILES string of the molecule is CCCCc1ncn(Sc2ncc(Cl)s2)n1. The van der Waals surface area contributed by atoms with Gasteiger partial charge in [-0.05, 0) is 6.42 Å². The van der Waals surface area contributed by atoms with E-state index in [4.69, 9.17) is 11.6 Å². The maximum atomic E-state index is 5.80. The van der Waals surface area contributed by atoms with Crippen molar-refractivity contribution in [2.45, 2.75) is 30.5 Å². The molecule has 2 aromatic heterocycles. The Kier molecular flexibility index (Phi) is 4.20. The molecule has 0 N–H and O–H groups in total. The van der Waals surface area contributed by atoms with Crippen LogP contribution in [0.5, 0.6) is 0 Å². The Labute approximate surface area is 107 Å². The van der Waals surface area contributed by atoms with Crippen molar-refractivity contribution in [2.24, 2.45) is 0 Å². The molecular weight excluding hydrogens is 264 g/mol. The Balaban J connectivity index is 1.97. The lowest BCUT2D eigenvalue weighted by atomic mass is 10.2. The summed E-state index contributed by atoms with van der Waals surface area (Å²) in [7, 11) is 0. The lowest BCUT2D eigenvalue weighted by Crippen LogP contribution is -1.91. The number of unbranched alkanes of at least 4 members (excludes halogenated alkanes) is 1. The summed E-state index contributed by atoms with van der Waals surface area (Å²) < 4.78 is 3.28. The van der Waals surface area contributed by atoms with E-state index >= 15 is 0 Å². The van der Waals surface area contributed by atoms with Crippen LogP contribution >= 0.6 is 34.9 Å². The van der Waals surface area contributed by atoms with E-state index in [1.807, 2.05) is 0 Å². The molecule has 2 heterocycles. The van der Waals surface area contributed by atoms with Gasteiger partial charge in [0, 0.05) is 18.4 Å². The zero-order valence-electron chi connectivity index (χ0n) is 8.76. The molecule has 0 radical (unpaired) electrons. The van der Waals surface area contributed by atoms with Crippen LogP contribution in [0.3, 0.4) is 0 Å². The van der Waals surface area contributed by atoms with E-state index in [9.17, 15) is 0 Å². The van der Waals surface area contributed by atoms with Gasteiger partial charge in [0.15, 0.2) is 10.2 Å². The highest BCUT2D eigenvalue weighted by Gasteiger charge is 2.05. The number of aromatic nitrogens is 4. The molecule has 7 heteroatoms. The zero-order valence-corrected chi connectivity index (χ0v) is 11.1. The van der Waals surface area contributed by atoms with Crippen LogP contribution in [0.25, 0.3) is 0 Å². The Morgan fingerprint density at radius 1 is 1.50 bits per heavy atom. The third-order valence-electron chi connectivity index (χ3n) is 1.90. The van der Waals surface area contributed by atoms with Crippen molar-refractivity contribution in [1.29, 1.82) is 0 Å². The van der Waals surface area contributed by atoms with Gasteiger partial charge in [-0.15, -0.1) is 5.10 Å². The minimum absolute atomic E-state index is 0.689. The van der Waals surface area contributed by atoms with Gasteiger partial charge in [0.25, 0.3) is 0 Å². The molecule has 16 heavy (non-hydrogen) atoms. The number of nitrogens with zero attached hydrogens (tertiary/aromatic N) is 4. The Hall–Kier alpha value is -0.590. The van der Waals surface area contributed by atoms with E-state index in [1.54, 1.807) is 16.6 Å². The molecule has 0 amide bonds. The fourth-order valence-electron chi connectivity index (χ4n) is 1.14. The molecule has 0 aliphatic carbocycles. The zero-order chi connectivity index (χ0) is 11.4. The first-order chi connectivity index (χ1) is 7.78. The Morgan fingerprint density at radius 3 is 3.06 bits per heavy atom. The predicted molar refractivity (Wildman–Crippen MR) is 67.0 cm³/mol. The van der Waals surface area contributed by atoms with Crippen LogP contribution in [0.15, 0.2) is 16.9 Å². The van der Waals surface area contributed by atoms with Crippen molar-refractivity contribution in [2.75, 3.05) is 0 Å². The minimum Gasteiger partial charge on any atom is -0.235 e. The average Bonchev–Trinajstić information content (AvgIpc) is 2.86. The normalized spacial score (nSPS) is 10.9. The van der Waals surface area contributed by atoms with Crippen LogP contribution in [0.4, 0.5) is 0 Å². The Morgan fingerprint density at radius 2 is 2.38 bits per heavy atom. The molecule has 0 unspecified atom stereocenters. The maximum absolute atomic E-state index is 5.80. The van der Waals surface area contributed by atoms with E-state index < -0.39 is 0 Å². The highest BCUT2D eigenvalue weighted by Crippen LogP contribution is 2.27. The number of halogens is 1. The molecule has 4 nitrogen and oxygen atoms in total. The van der Waals surface area contributed by atoms with E-state index in [0.29, 0.717) is 4.34 Å². The molecule has 0 bridgehead atoms. The van der Waals surface area contributed by atoms with Gasteiger partial charge in [0.05, 0.1) is 6.20 Å². The summed E-state index contributed by atoms with van der Waals surface area (Å²) >= 11 is 8.66. The molecule has 0 saturated carbocycles. The van der Waals surface area contributed by atoms with Gasteiger partial charge in [0.2, 0.25) is 0 Å². The highest BCUT2D eigenvalue weighted by molar-refractivity contribution is 7.99. The second kappa shape index (κ2) is 5.65. The summed E-state index contributed by atoms with van der Waals surface area (Å²) in [5.41, 5.74) is 0. The van der Waals surface area contributed by atoms with Crippen molar-refractivity contribution >= 4 is 34.9 Å². The highest BCUT2D eigenvalue weighted by atomic mass is 35.5. The summed E-state index contributed by atoms with van der Waals surface area (Å²) in [6, 6.07) is 0. The Bertz CT molecular complexity index is 454. The number of thiazole rings is 1. The summed E-state index contributed by atoms with van der Waals surface area (Å²) in [6.07, 6.45) is 6.57. The second-order valence-electron chi connectivity index (χ2n) is 3.19. The molecular formula is C9H11ClN4S2. The van der Waals surface area contributed by atoms with E-state index in [2.05, 4.69) is 22.0 Å². The first-order valence-electron chi connectivity index (χ1n) is 4.98. The lowest BCUT2D eigenvalue weighted by molar-refractivity contribution is 0.752. The van der Waals surface area contributed by atoms with Gasteiger partial charge >= 0.3 is 0 Å². The summed E-state index contributed by atoms with van der Waals surface area (Å²) in [4.78, 5) is 8.37. The van der Waals surface area contributed by atoms with Gasteiger partial charge in [-0.1, -0.05) is 36.3 Å². The molecule has 0 aliphatic rings. The van der Waals surface area contributed by atoms with Crippen LogP contribution in [-0.4, -0.2) is 19.2 Å². The smallest absolute Gasteiger partial charge is 0.173 e. The summed E-state index contributed by atoms with van der Waals surface area (Å²) in [6.45, 7) is 2.16. The van der Waals surface area contributed by atoms with Gasteiger partial charge in [-0.2, -0.15) is 4.09 Å². The first-order valence-corrected chi connectivity index (χ1v) is 6.95. The van der Waals surface area contributed by atoms with Gasteiger partial charge in [0.1, 0.15) is 10.7 Å². The lowest BCUT2D eigenvalue weighted by Gasteiger charge is -1.93. The van der Waals surface area contributed by atoms with Crippen LogP contribution in [0.2, 0.25) is 4.34 Å². The minimum atomic E-state index is 0.689. The molecule has 0 aromatic carbocycles. The average molecular weight is 275 g/mol. The molecule has 0 atom stereocenters. The monoisotopic (exact) mass is 274 g/mol. The van der Waals surface area contributed by atoms with Gasteiger partial charge < -0.3 is 0 Å². The first kappa shape index (κ1) is 11.9. The number of hydrogen-bond acceptors (Lipinski definition) is 5. The standard InChI is InChI=1S/C9H11ClN4S2/c1-2-3-4-8-12-6-14(13-8)16-9-11-5-7(10)15-9/h5-6H,2-4H2,1H3. The van der Waals surface area contributed by atoms with E-state index in [1.165, 1.54) is 23.3 Å². The molecule has 0 saturated heterocycles. The van der Waals surface area contributed by atoms with Crippen molar-refractivity contribution in [1.82, 2.24) is 19.2 Å². The third kappa shape index (κ3) is 3.20. The fourth-order valence-corrected chi connectivity index (χ4v) is 3.06. The predicted octanol–water partition coefficient (Wildman–Crippen LogP) is 3.29. The molecule has 86 valence electrons. The van der Waals surface area contributed by atoms with E-state index in [-0.39, 0.29) is 0 Å². The van der Waals surface area contributed by atoms with E-state index in [0.717, 1.165) is 29.4 Å². The van der Waals surface area contributed by atoms with Gasteiger partial charge in [-0.3, -0.25) is 0 Å². The van der Waals surface area contributed by atoms with Crippen molar-refractivity contribution in [3.63, 3.8) is 0 Å². The molecule has 0 spiro atoms.